The third-order valence-electron chi connectivity index (χ3n) is 3.40. The van der Waals surface area contributed by atoms with Gasteiger partial charge in [-0.3, -0.25) is 4.79 Å². The van der Waals surface area contributed by atoms with Gasteiger partial charge in [0.15, 0.2) is 0 Å². The summed E-state index contributed by atoms with van der Waals surface area (Å²) >= 11 is 0. The minimum absolute atomic E-state index is 0.0932. The first-order valence-corrected chi connectivity index (χ1v) is 6.91. The monoisotopic (exact) mass is 289 g/mol. The highest BCUT2D eigenvalue weighted by atomic mass is 19.1. The molecule has 0 fully saturated rings. The Morgan fingerprint density at radius 2 is 1.76 bits per heavy atom. The molecule has 0 aliphatic heterocycles. The number of hydrogen-bond acceptors (Lipinski definition) is 1. The van der Waals surface area contributed by atoms with E-state index in [9.17, 15) is 13.6 Å². The van der Waals surface area contributed by atoms with Crippen LogP contribution in [-0.2, 0) is 0 Å². The number of carbonyl (C=O) groups is 1. The summed E-state index contributed by atoms with van der Waals surface area (Å²) < 4.78 is 26.8. The molecule has 0 radical (unpaired) electrons. The lowest BCUT2D eigenvalue weighted by Gasteiger charge is -2.19. The first-order chi connectivity index (χ1) is 10.1. The maximum absolute atomic E-state index is 13.8. The predicted octanol–water partition coefficient (Wildman–Crippen LogP) is 4.11. The zero-order valence-electron chi connectivity index (χ0n) is 12.1. The van der Waals surface area contributed by atoms with Crippen molar-refractivity contribution in [2.75, 3.05) is 13.1 Å². The lowest BCUT2D eigenvalue weighted by Crippen LogP contribution is -2.30. The van der Waals surface area contributed by atoms with E-state index in [1.54, 1.807) is 29.2 Å². The minimum Gasteiger partial charge on any atom is -0.339 e. The molecule has 0 heterocycles. The van der Waals surface area contributed by atoms with E-state index >= 15 is 0 Å². The summed E-state index contributed by atoms with van der Waals surface area (Å²) in [5.41, 5.74) is 1.34. The topological polar surface area (TPSA) is 20.3 Å². The number of amides is 1. The molecular formula is C17H17F2NO. The summed E-state index contributed by atoms with van der Waals surface area (Å²) in [6.07, 6.45) is 0. The summed E-state index contributed by atoms with van der Waals surface area (Å²) in [6, 6.07) is 10.2. The summed E-state index contributed by atoms with van der Waals surface area (Å²) in [4.78, 5) is 14.0. The van der Waals surface area contributed by atoms with E-state index in [2.05, 4.69) is 0 Å². The molecule has 2 aromatic rings. The van der Waals surface area contributed by atoms with Crippen molar-refractivity contribution in [1.29, 1.82) is 0 Å². The fourth-order valence-electron chi connectivity index (χ4n) is 2.24. The molecule has 110 valence electrons. The van der Waals surface area contributed by atoms with E-state index in [0.717, 1.165) is 6.07 Å². The van der Waals surface area contributed by atoms with Gasteiger partial charge in [0.2, 0.25) is 0 Å². The van der Waals surface area contributed by atoms with Crippen molar-refractivity contribution < 1.29 is 13.6 Å². The Kier molecular flexibility index (Phi) is 4.68. The van der Waals surface area contributed by atoms with Crippen LogP contribution in [0.1, 0.15) is 24.2 Å². The zero-order valence-corrected chi connectivity index (χ0v) is 12.1. The van der Waals surface area contributed by atoms with Gasteiger partial charge in [-0.15, -0.1) is 0 Å². The van der Waals surface area contributed by atoms with Crippen molar-refractivity contribution >= 4 is 5.91 Å². The van der Waals surface area contributed by atoms with Crippen molar-refractivity contribution in [2.24, 2.45) is 0 Å². The second kappa shape index (κ2) is 6.48. The number of halogens is 2. The molecule has 0 bridgehead atoms. The largest absolute Gasteiger partial charge is 0.339 e. The molecule has 4 heteroatoms. The van der Waals surface area contributed by atoms with Crippen LogP contribution in [0, 0.1) is 11.6 Å². The van der Waals surface area contributed by atoms with Crippen LogP contribution in [0.15, 0.2) is 42.5 Å². The van der Waals surface area contributed by atoms with Crippen molar-refractivity contribution in [1.82, 2.24) is 4.90 Å². The van der Waals surface area contributed by atoms with Gasteiger partial charge in [-0.2, -0.15) is 0 Å². The molecule has 2 aromatic carbocycles. The SMILES string of the molecule is CCN(CC)C(=O)c1cccc(-c2ccc(F)cc2F)c1. The smallest absolute Gasteiger partial charge is 0.253 e. The standard InChI is InChI=1S/C17H17F2NO/c1-3-20(4-2)17(21)13-7-5-6-12(10-13)15-9-8-14(18)11-16(15)19/h5-11H,3-4H2,1-2H3. The van der Waals surface area contributed by atoms with Crippen LogP contribution < -0.4 is 0 Å². The molecule has 2 nitrogen and oxygen atoms in total. The number of benzene rings is 2. The van der Waals surface area contributed by atoms with Crippen molar-refractivity contribution in [3.05, 3.63) is 59.7 Å². The molecular weight excluding hydrogens is 272 g/mol. The quantitative estimate of drug-likeness (QED) is 0.829. The lowest BCUT2D eigenvalue weighted by molar-refractivity contribution is 0.0773. The molecule has 0 aromatic heterocycles. The first kappa shape index (κ1) is 15.2. The van der Waals surface area contributed by atoms with Crippen molar-refractivity contribution in [3.8, 4) is 11.1 Å². The van der Waals surface area contributed by atoms with Crippen LogP contribution in [0.5, 0.6) is 0 Å². The van der Waals surface area contributed by atoms with Gasteiger partial charge in [0.1, 0.15) is 11.6 Å². The van der Waals surface area contributed by atoms with E-state index < -0.39 is 11.6 Å². The van der Waals surface area contributed by atoms with Crippen LogP contribution in [0.3, 0.4) is 0 Å². The molecule has 0 atom stereocenters. The molecule has 2 rings (SSSR count). The van der Waals surface area contributed by atoms with E-state index in [4.69, 9.17) is 0 Å². The van der Waals surface area contributed by atoms with Gasteiger partial charge >= 0.3 is 0 Å². The third-order valence-corrected chi connectivity index (χ3v) is 3.40. The highest BCUT2D eigenvalue weighted by Crippen LogP contribution is 2.24. The fraction of sp³-hybridized carbons (Fsp3) is 0.235. The molecule has 0 N–H and O–H groups in total. The normalized spacial score (nSPS) is 10.5. The van der Waals surface area contributed by atoms with Gasteiger partial charge < -0.3 is 4.90 Å². The van der Waals surface area contributed by atoms with Crippen LogP contribution >= 0.6 is 0 Å². The number of carbonyl (C=O) groups excluding carboxylic acids is 1. The molecule has 0 unspecified atom stereocenters. The van der Waals surface area contributed by atoms with E-state index in [1.165, 1.54) is 12.1 Å². The number of rotatable bonds is 4. The molecule has 0 saturated carbocycles. The van der Waals surface area contributed by atoms with E-state index in [1.807, 2.05) is 13.8 Å². The zero-order chi connectivity index (χ0) is 15.4. The molecule has 21 heavy (non-hydrogen) atoms. The molecule has 0 aliphatic rings. The second-order valence-corrected chi connectivity index (χ2v) is 4.68. The van der Waals surface area contributed by atoms with Gasteiger partial charge in [-0.05, 0) is 43.7 Å². The molecule has 0 aliphatic carbocycles. The van der Waals surface area contributed by atoms with Crippen molar-refractivity contribution in [2.45, 2.75) is 13.8 Å². The lowest BCUT2D eigenvalue weighted by atomic mass is 10.0. The van der Waals surface area contributed by atoms with Crippen LogP contribution in [0.2, 0.25) is 0 Å². The first-order valence-electron chi connectivity index (χ1n) is 6.91. The van der Waals surface area contributed by atoms with Gasteiger partial charge in [0, 0.05) is 30.3 Å². The summed E-state index contributed by atoms with van der Waals surface area (Å²) in [5, 5.41) is 0. The summed E-state index contributed by atoms with van der Waals surface area (Å²) in [6.45, 7) is 5.05. The van der Waals surface area contributed by atoms with Crippen LogP contribution in [-0.4, -0.2) is 23.9 Å². The Morgan fingerprint density at radius 1 is 1.05 bits per heavy atom. The van der Waals surface area contributed by atoms with Crippen LogP contribution in [0.4, 0.5) is 8.78 Å². The maximum Gasteiger partial charge on any atom is 0.253 e. The van der Waals surface area contributed by atoms with Crippen LogP contribution in [0.25, 0.3) is 11.1 Å². The average Bonchev–Trinajstić information content (AvgIpc) is 2.48. The van der Waals surface area contributed by atoms with E-state index in [0.29, 0.717) is 24.2 Å². The minimum atomic E-state index is -0.637. The Morgan fingerprint density at radius 3 is 2.38 bits per heavy atom. The third kappa shape index (κ3) is 3.27. The van der Waals surface area contributed by atoms with Gasteiger partial charge in [-0.25, -0.2) is 8.78 Å². The maximum atomic E-state index is 13.8. The van der Waals surface area contributed by atoms with Gasteiger partial charge in [0.25, 0.3) is 5.91 Å². The van der Waals surface area contributed by atoms with Gasteiger partial charge in [-0.1, -0.05) is 12.1 Å². The molecule has 0 saturated heterocycles. The fourth-order valence-corrected chi connectivity index (χ4v) is 2.24. The predicted molar refractivity (Wildman–Crippen MR) is 79.0 cm³/mol. The summed E-state index contributed by atoms with van der Waals surface area (Å²) in [7, 11) is 0. The van der Waals surface area contributed by atoms with E-state index in [-0.39, 0.29) is 11.5 Å². The highest BCUT2D eigenvalue weighted by molar-refractivity contribution is 5.95. The Labute approximate surface area is 123 Å². The highest BCUT2D eigenvalue weighted by Gasteiger charge is 2.14. The second-order valence-electron chi connectivity index (χ2n) is 4.68. The summed E-state index contributed by atoms with van der Waals surface area (Å²) in [5.74, 6) is -1.35. The number of nitrogens with zero attached hydrogens (tertiary/aromatic N) is 1. The molecule has 1 amide bonds. The average molecular weight is 289 g/mol. The Balaban J connectivity index is 2.40. The number of hydrogen-bond donors (Lipinski definition) is 0. The van der Waals surface area contributed by atoms with Crippen molar-refractivity contribution in [3.63, 3.8) is 0 Å². The van der Waals surface area contributed by atoms with Gasteiger partial charge in [0.05, 0.1) is 0 Å². The molecule has 0 spiro atoms. The Hall–Kier alpha value is -2.23. The Bertz CT molecular complexity index is 651.